The molecule has 0 aromatic heterocycles. The first kappa shape index (κ1) is 15.4. The SMILES string of the molecule is CC(C)N(CC(=O)O)Cc1ccc([N+](=O)[O-])c(Cl)c1. The van der Waals surface area contributed by atoms with Crippen molar-refractivity contribution in [2.24, 2.45) is 0 Å². The molecule has 19 heavy (non-hydrogen) atoms. The van der Waals surface area contributed by atoms with Gasteiger partial charge in [-0.25, -0.2) is 0 Å². The largest absolute Gasteiger partial charge is 0.480 e. The Labute approximate surface area is 115 Å². The minimum absolute atomic E-state index is 0.0464. The number of nitro benzene ring substituents is 1. The van der Waals surface area contributed by atoms with Crippen molar-refractivity contribution in [1.29, 1.82) is 0 Å². The van der Waals surface area contributed by atoms with Crippen LogP contribution >= 0.6 is 11.6 Å². The van der Waals surface area contributed by atoms with Crippen molar-refractivity contribution < 1.29 is 14.8 Å². The fourth-order valence-electron chi connectivity index (χ4n) is 1.63. The third-order valence-corrected chi connectivity index (χ3v) is 2.97. The summed E-state index contributed by atoms with van der Waals surface area (Å²) in [7, 11) is 0. The highest BCUT2D eigenvalue weighted by Crippen LogP contribution is 2.25. The van der Waals surface area contributed by atoms with Gasteiger partial charge in [0.15, 0.2) is 0 Å². The summed E-state index contributed by atoms with van der Waals surface area (Å²) in [4.78, 5) is 22.6. The number of nitro groups is 1. The lowest BCUT2D eigenvalue weighted by Crippen LogP contribution is -2.35. The summed E-state index contributed by atoms with van der Waals surface area (Å²) < 4.78 is 0. The Balaban J connectivity index is 2.88. The summed E-state index contributed by atoms with van der Waals surface area (Å²) in [5, 5.41) is 19.5. The summed E-state index contributed by atoms with van der Waals surface area (Å²) >= 11 is 5.82. The van der Waals surface area contributed by atoms with Crippen LogP contribution < -0.4 is 0 Å². The van der Waals surface area contributed by atoms with Crippen LogP contribution in [-0.4, -0.2) is 33.5 Å². The molecule has 0 saturated carbocycles. The molecule has 0 aliphatic heterocycles. The van der Waals surface area contributed by atoms with Gasteiger partial charge in [-0.2, -0.15) is 0 Å². The molecule has 0 amide bonds. The molecule has 6 nitrogen and oxygen atoms in total. The van der Waals surface area contributed by atoms with Crippen molar-refractivity contribution in [3.8, 4) is 0 Å². The van der Waals surface area contributed by atoms with E-state index in [4.69, 9.17) is 16.7 Å². The maximum Gasteiger partial charge on any atom is 0.317 e. The third-order valence-electron chi connectivity index (χ3n) is 2.66. The molecule has 0 spiro atoms. The second-order valence-corrected chi connectivity index (χ2v) is 4.84. The molecule has 0 bridgehead atoms. The van der Waals surface area contributed by atoms with Crippen LogP contribution in [0.4, 0.5) is 5.69 Å². The van der Waals surface area contributed by atoms with Crippen molar-refractivity contribution in [2.45, 2.75) is 26.4 Å². The van der Waals surface area contributed by atoms with E-state index in [1.807, 2.05) is 13.8 Å². The number of nitrogens with zero attached hydrogens (tertiary/aromatic N) is 2. The van der Waals surface area contributed by atoms with Gasteiger partial charge in [0.05, 0.1) is 11.5 Å². The Morgan fingerprint density at radius 1 is 1.53 bits per heavy atom. The number of carboxylic acid groups (broad SMARTS) is 1. The first-order valence-corrected chi connectivity index (χ1v) is 6.07. The van der Waals surface area contributed by atoms with Crippen LogP contribution in [0.15, 0.2) is 18.2 Å². The number of halogens is 1. The van der Waals surface area contributed by atoms with Crippen LogP contribution in [0, 0.1) is 10.1 Å². The standard InChI is InChI=1S/C12H15ClN2O4/c1-8(2)14(7-12(16)17)6-9-3-4-11(15(18)19)10(13)5-9/h3-5,8H,6-7H2,1-2H3,(H,16,17). The van der Waals surface area contributed by atoms with E-state index in [1.165, 1.54) is 12.1 Å². The Bertz CT molecular complexity index is 491. The zero-order chi connectivity index (χ0) is 14.6. The van der Waals surface area contributed by atoms with E-state index in [0.717, 1.165) is 5.56 Å². The van der Waals surface area contributed by atoms with Crippen LogP contribution in [0.5, 0.6) is 0 Å². The van der Waals surface area contributed by atoms with Gasteiger partial charge in [-0.3, -0.25) is 19.8 Å². The van der Waals surface area contributed by atoms with E-state index in [2.05, 4.69) is 0 Å². The number of carbonyl (C=O) groups is 1. The number of hydrogen-bond acceptors (Lipinski definition) is 4. The second-order valence-electron chi connectivity index (χ2n) is 4.44. The summed E-state index contributed by atoms with van der Waals surface area (Å²) in [5.74, 6) is -0.915. The third kappa shape index (κ3) is 4.50. The minimum atomic E-state index is -0.915. The molecule has 0 atom stereocenters. The molecule has 0 fully saturated rings. The van der Waals surface area contributed by atoms with Crippen molar-refractivity contribution in [1.82, 2.24) is 4.90 Å². The van der Waals surface area contributed by atoms with Gasteiger partial charge in [-0.05, 0) is 25.5 Å². The van der Waals surface area contributed by atoms with Gasteiger partial charge in [-0.15, -0.1) is 0 Å². The molecule has 104 valence electrons. The van der Waals surface area contributed by atoms with Gasteiger partial charge < -0.3 is 5.11 Å². The van der Waals surface area contributed by atoms with Gasteiger partial charge in [0, 0.05) is 18.7 Å². The van der Waals surface area contributed by atoms with E-state index in [1.54, 1.807) is 11.0 Å². The predicted molar refractivity (Wildman–Crippen MR) is 71.3 cm³/mol. The average Bonchev–Trinajstić information content (AvgIpc) is 2.26. The minimum Gasteiger partial charge on any atom is -0.480 e. The van der Waals surface area contributed by atoms with Crippen LogP contribution in [0.2, 0.25) is 5.02 Å². The Kier molecular flexibility index (Phi) is 5.26. The van der Waals surface area contributed by atoms with E-state index >= 15 is 0 Å². The quantitative estimate of drug-likeness (QED) is 0.642. The molecular weight excluding hydrogens is 272 g/mol. The fourth-order valence-corrected chi connectivity index (χ4v) is 1.90. The molecule has 0 unspecified atom stereocenters. The first-order chi connectivity index (χ1) is 8.81. The molecule has 1 N–H and O–H groups in total. The van der Waals surface area contributed by atoms with Gasteiger partial charge >= 0.3 is 5.97 Å². The van der Waals surface area contributed by atoms with E-state index in [0.29, 0.717) is 6.54 Å². The second kappa shape index (κ2) is 6.49. The zero-order valence-corrected chi connectivity index (χ0v) is 11.4. The monoisotopic (exact) mass is 286 g/mol. The number of aliphatic carboxylic acids is 1. The van der Waals surface area contributed by atoms with Crippen LogP contribution in [0.3, 0.4) is 0 Å². The molecule has 0 aliphatic carbocycles. The van der Waals surface area contributed by atoms with Gasteiger partial charge in [0.2, 0.25) is 0 Å². The highest BCUT2D eigenvalue weighted by molar-refractivity contribution is 6.32. The van der Waals surface area contributed by atoms with Crippen LogP contribution in [-0.2, 0) is 11.3 Å². The molecule has 7 heteroatoms. The Morgan fingerprint density at radius 2 is 2.16 bits per heavy atom. The molecule has 1 aromatic rings. The number of rotatable bonds is 6. The van der Waals surface area contributed by atoms with Crippen molar-refractivity contribution in [3.63, 3.8) is 0 Å². The fraction of sp³-hybridized carbons (Fsp3) is 0.417. The van der Waals surface area contributed by atoms with Crippen LogP contribution in [0.1, 0.15) is 19.4 Å². The summed E-state index contributed by atoms with van der Waals surface area (Å²) in [5.41, 5.74) is 0.588. The van der Waals surface area contributed by atoms with E-state index in [-0.39, 0.29) is 23.3 Å². The molecule has 1 aromatic carbocycles. The lowest BCUT2D eigenvalue weighted by atomic mass is 10.1. The Morgan fingerprint density at radius 3 is 2.58 bits per heavy atom. The molecule has 1 rings (SSSR count). The molecule has 0 radical (unpaired) electrons. The Hall–Kier alpha value is -1.66. The molecule has 0 heterocycles. The van der Waals surface area contributed by atoms with Gasteiger partial charge in [0.25, 0.3) is 5.69 Å². The van der Waals surface area contributed by atoms with E-state index < -0.39 is 10.9 Å². The predicted octanol–water partition coefficient (Wildman–Crippen LogP) is 2.54. The lowest BCUT2D eigenvalue weighted by molar-refractivity contribution is -0.384. The topological polar surface area (TPSA) is 83.7 Å². The molecule has 0 saturated heterocycles. The molecular formula is C12H15ClN2O4. The number of benzene rings is 1. The van der Waals surface area contributed by atoms with Gasteiger partial charge in [0.1, 0.15) is 5.02 Å². The maximum atomic E-state index is 10.8. The maximum absolute atomic E-state index is 10.8. The highest BCUT2D eigenvalue weighted by atomic mass is 35.5. The van der Waals surface area contributed by atoms with Crippen LogP contribution in [0.25, 0.3) is 0 Å². The summed E-state index contributed by atoms with van der Waals surface area (Å²) in [6.45, 7) is 4.06. The normalized spacial score (nSPS) is 11.0. The summed E-state index contributed by atoms with van der Waals surface area (Å²) in [6, 6.07) is 4.46. The lowest BCUT2D eigenvalue weighted by Gasteiger charge is -2.24. The number of hydrogen-bond donors (Lipinski definition) is 1. The number of carboxylic acids is 1. The smallest absolute Gasteiger partial charge is 0.317 e. The highest BCUT2D eigenvalue weighted by Gasteiger charge is 2.16. The van der Waals surface area contributed by atoms with E-state index in [9.17, 15) is 14.9 Å². The van der Waals surface area contributed by atoms with Gasteiger partial charge in [-0.1, -0.05) is 17.7 Å². The zero-order valence-electron chi connectivity index (χ0n) is 10.7. The van der Waals surface area contributed by atoms with Crippen molar-refractivity contribution in [2.75, 3.05) is 6.54 Å². The van der Waals surface area contributed by atoms with Crippen molar-refractivity contribution >= 4 is 23.3 Å². The molecule has 0 aliphatic rings. The average molecular weight is 287 g/mol. The van der Waals surface area contributed by atoms with Crippen molar-refractivity contribution in [3.05, 3.63) is 38.9 Å². The first-order valence-electron chi connectivity index (χ1n) is 5.70. The summed E-state index contributed by atoms with van der Waals surface area (Å²) in [6.07, 6.45) is 0.